The fourth-order valence-electron chi connectivity index (χ4n) is 1.94. The summed E-state index contributed by atoms with van der Waals surface area (Å²) in [6, 6.07) is 3.67. The Morgan fingerprint density at radius 3 is 3.19 bits per heavy atom. The maximum Gasteiger partial charge on any atom is 0.158 e. The van der Waals surface area contributed by atoms with Gasteiger partial charge in [0.2, 0.25) is 0 Å². The topological polar surface area (TPSA) is 63.0 Å². The van der Waals surface area contributed by atoms with Gasteiger partial charge < -0.3 is 15.0 Å². The molecule has 3 rings (SSSR count). The van der Waals surface area contributed by atoms with E-state index < -0.39 is 0 Å². The van der Waals surface area contributed by atoms with Crippen molar-refractivity contribution < 1.29 is 5.11 Å². The van der Waals surface area contributed by atoms with Crippen LogP contribution in [0.25, 0.3) is 5.69 Å². The molecular weight excluding hydrogens is 228 g/mol. The molecule has 3 heterocycles. The predicted molar refractivity (Wildman–Crippen MR) is 59.8 cm³/mol. The summed E-state index contributed by atoms with van der Waals surface area (Å²) in [5.74, 6) is 0.641. The Morgan fingerprint density at radius 1 is 1.50 bits per heavy atom. The second-order valence-corrected chi connectivity index (χ2v) is 3.90. The maximum absolute atomic E-state index is 9.30. The molecule has 0 radical (unpaired) electrons. The third kappa shape index (κ3) is 1.22. The number of aliphatic hydroxyl groups is 1. The first-order valence-electron chi connectivity index (χ1n) is 4.87. The van der Waals surface area contributed by atoms with Crippen molar-refractivity contribution >= 4 is 17.4 Å². The minimum Gasteiger partial charge on any atom is -0.394 e. The first kappa shape index (κ1) is 9.62. The summed E-state index contributed by atoms with van der Waals surface area (Å²) in [5.41, 5.74) is 1.68. The van der Waals surface area contributed by atoms with Crippen LogP contribution in [0, 0.1) is 0 Å². The van der Waals surface area contributed by atoms with Crippen molar-refractivity contribution in [2.24, 2.45) is 0 Å². The molecule has 2 aromatic rings. The van der Waals surface area contributed by atoms with Crippen molar-refractivity contribution in [1.82, 2.24) is 14.5 Å². The van der Waals surface area contributed by atoms with Gasteiger partial charge in [0, 0.05) is 11.9 Å². The van der Waals surface area contributed by atoms with Gasteiger partial charge in [-0.2, -0.15) is 0 Å². The van der Waals surface area contributed by atoms with E-state index in [2.05, 4.69) is 15.3 Å². The third-order valence-electron chi connectivity index (χ3n) is 2.65. The SMILES string of the molecule is OCC1Nc2ncnc(Cl)c2-n2cccc21. The molecule has 1 aliphatic heterocycles. The third-order valence-corrected chi connectivity index (χ3v) is 2.93. The van der Waals surface area contributed by atoms with Crippen LogP contribution in [0.2, 0.25) is 5.15 Å². The lowest BCUT2D eigenvalue weighted by molar-refractivity contribution is 0.272. The van der Waals surface area contributed by atoms with Crippen LogP contribution in [-0.4, -0.2) is 26.2 Å². The summed E-state index contributed by atoms with van der Waals surface area (Å²) in [4.78, 5) is 8.07. The van der Waals surface area contributed by atoms with Crippen molar-refractivity contribution in [2.45, 2.75) is 6.04 Å². The van der Waals surface area contributed by atoms with Crippen molar-refractivity contribution in [2.75, 3.05) is 11.9 Å². The van der Waals surface area contributed by atoms with Gasteiger partial charge in [-0.15, -0.1) is 0 Å². The number of nitrogens with zero attached hydrogens (tertiary/aromatic N) is 3. The first-order chi connectivity index (χ1) is 7.81. The normalized spacial score (nSPS) is 17.5. The van der Waals surface area contributed by atoms with Gasteiger partial charge >= 0.3 is 0 Å². The Morgan fingerprint density at radius 2 is 2.38 bits per heavy atom. The molecule has 0 fully saturated rings. The molecule has 6 heteroatoms. The van der Waals surface area contributed by atoms with Gasteiger partial charge in [0.25, 0.3) is 0 Å². The second-order valence-electron chi connectivity index (χ2n) is 3.54. The van der Waals surface area contributed by atoms with E-state index in [1.807, 2.05) is 22.9 Å². The number of fused-ring (bicyclic) bond motifs is 3. The minimum absolute atomic E-state index is 0.00503. The van der Waals surface area contributed by atoms with Crippen LogP contribution in [0.5, 0.6) is 0 Å². The van der Waals surface area contributed by atoms with E-state index >= 15 is 0 Å². The van der Waals surface area contributed by atoms with Gasteiger partial charge in [-0.1, -0.05) is 11.6 Å². The summed E-state index contributed by atoms with van der Waals surface area (Å²) < 4.78 is 1.90. The lowest BCUT2D eigenvalue weighted by atomic mass is 10.2. The zero-order chi connectivity index (χ0) is 11.1. The Hall–Kier alpha value is -1.59. The highest BCUT2D eigenvalue weighted by molar-refractivity contribution is 6.31. The van der Waals surface area contributed by atoms with Crippen LogP contribution < -0.4 is 5.32 Å². The molecule has 1 unspecified atom stereocenters. The van der Waals surface area contributed by atoms with Crippen LogP contribution in [-0.2, 0) is 0 Å². The van der Waals surface area contributed by atoms with Crippen molar-refractivity contribution in [1.29, 1.82) is 0 Å². The zero-order valence-electron chi connectivity index (χ0n) is 8.26. The molecule has 0 aliphatic carbocycles. The van der Waals surface area contributed by atoms with Crippen LogP contribution in [0.3, 0.4) is 0 Å². The lowest BCUT2D eigenvalue weighted by Crippen LogP contribution is -2.25. The smallest absolute Gasteiger partial charge is 0.158 e. The maximum atomic E-state index is 9.30. The molecule has 0 saturated carbocycles. The monoisotopic (exact) mass is 236 g/mol. The number of aliphatic hydroxyl groups excluding tert-OH is 1. The fourth-order valence-corrected chi connectivity index (χ4v) is 2.16. The molecule has 0 saturated heterocycles. The molecule has 0 amide bonds. The van der Waals surface area contributed by atoms with Gasteiger partial charge in [-0.05, 0) is 12.1 Å². The van der Waals surface area contributed by atoms with E-state index in [0.29, 0.717) is 11.0 Å². The van der Waals surface area contributed by atoms with Gasteiger partial charge in [-0.25, -0.2) is 9.97 Å². The molecule has 5 nitrogen and oxygen atoms in total. The van der Waals surface area contributed by atoms with Gasteiger partial charge in [0.15, 0.2) is 11.0 Å². The molecule has 1 aliphatic rings. The Kier molecular flexibility index (Phi) is 2.08. The quantitative estimate of drug-likeness (QED) is 0.735. The molecule has 2 N–H and O–H groups in total. The fraction of sp³-hybridized carbons (Fsp3) is 0.200. The van der Waals surface area contributed by atoms with Crippen LogP contribution in [0.4, 0.5) is 5.82 Å². The number of nitrogens with one attached hydrogen (secondary N) is 1. The van der Waals surface area contributed by atoms with E-state index in [9.17, 15) is 5.11 Å². The van der Waals surface area contributed by atoms with Gasteiger partial charge in [0.1, 0.15) is 12.0 Å². The van der Waals surface area contributed by atoms with E-state index in [1.54, 1.807) is 0 Å². The van der Waals surface area contributed by atoms with Crippen molar-refractivity contribution in [3.05, 3.63) is 35.5 Å². The summed E-state index contributed by atoms with van der Waals surface area (Å²) in [5, 5.41) is 12.8. The largest absolute Gasteiger partial charge is 0.394 e. The highest BCUT2D eigenvalue weighted by Gasteiger charge is 2.25. The summed E-state index contributed by atoms with van der Waals surface area (Å²) in [7, 11) is 0. The molecule has 0 spiro atoms. The minimum atomic E-state index is -0.159. The highest BCUT2D eigenvalue weighted by Crippen LogP contribution is 2.34. The van der Waals surface area contributed by atoms with Gasteiger partial charge in [-0.3, -0.25) is 0 Å². The zero-order valence-corrected chi connectivity index (χ0v) is 9.02. The number of rotatable bonds is 1. The van der Waals surface area contributed by atoms with Crippen LogP contribution >= 0.6 is 11.6 Å². The number of hydrogen-bond acceptors (Lipinski definition) is 4. The Bertz CT molecular complexity index is 539. The van der Waals surface area contributed by atoms with Crippen molar-refractivity contribution in [3.8, 4) is 5.69 Å². The summed E-state index contributed by atoms with van der Waals surface area (Å²) >= 11 is 6.04. The molecular formula is C10H9ClN4O. The predicted octanol–water partition coefficient (Wildman–Crippen LogP) is 1.38. The number of aromatic nitrogens is 3. The average molecular weight is 237 g/mol. The van der Waals surface area contributed by atoms with Gasteiger partial charge in [0.05, 0.1) is 12.6 Å². The Labute approximate surface area is 96.7 Å². The summed E-state index contributed by atoms with van der Waals surface area (Å²) in [6.45, 7) is 0.00503. The van der Waals surface area contributed by atoms with E-state index in [0.717, 1.165) is 11.4 Å². The van der Waals surface area contributed by atoms with E-state index in [1.165, 1.54) is 6.33 Å². The Balaban J connectivity index is 2.26. The number of halogens is 1. The second kappa shape index (κ2) is 3.47. The molecule has 16 heavy (non-hydrogen) atoms. The lowest BCUT2D eigenvalue weighted by Gasteiger charge is -2.27. The van der Waals surface area contributed by atoms with Crippen molar-refractivity contribution in [3.63, 3.8) is 0 Å². The number of anilines is 1. The molecule has 0 aromatic carbocycles. The standard InChI is InChI=1S/C10H9ClN4O/c11-9-8-10(13-5-12-9)14-6(4-16)7-2-1-3-15(7)8/h1-3,5-6,16H,4H2,(H,12,13,14). The van der Waals surface area contributed by atoms with E-state index in [-0.39, 0.29) is 12.6 Å². The molecule has 82 valence electrons. The number of hydrogen-bond donors (Lipinski definition) is 2. The first-order valence-corrected chi connectivity index (χ1v) is 5.24. The van der Waals surface area contributed by atoms with E-state index in [4.69, 9.17) is 11.6 Å². The molecule has 2 aromatic heterocycles. The summed E-state index contributed by atoms with van der Waals surface area (Å²) in [6.07, 6.45) is 3.28. The average Bonchev–Trinajstić information content (AvgIpc) is 2.76. The van der Waals surface area contributed by atoms with Crippen LogP contribution in [0.15, 0.2) is 24.7 Å². The highest BCUT2D eigenvalue weighted by atomic mass is 35.5. The molecule has 0 bridgehead atoms. The van der Waals surface area contributed by atoms with Crippen LogP contribution in [0.1, 0.15) is 11.7 Å². The molecule has 1 atom stereocenters.